The van der Waals surface area contributed by atoms with Gasteiger partial charge in [-0.1, -0.05) is 0 Å². The smallest absolute Gasteiger partial charge is 0.245 e. The molecule has 3 aromatic rings. The molecule has 0 aliphatic carbocycles. The van der Waals surface area contributed by atoms with Gasteiger partial charge in [0, 0.05) is 27.0 Å². The van der Waals surface area contributed by atoms with E-state index in [4.69, 9.17) is 16.3 Å². The van der Waals surface area contributed by atoms with Crippen molar-refractivity contribution in [1.29, 1.82) is 0 Å². The summed E-state index contributed by atoms with van der Waals surface area (Å²) in [5.41, 5.74) is 1.45. The van der Waals surface area contributed by atoms with E-state index in [9.17, 15) is 0 Å². The van der Waals surface area contributed by atoms with Crippen molar-refractivity contribution in [2.24, 2.45) is 0 Å². The highest BCUT2D eigenvalue weighted by Gasteiger charge is 2.16. The maximum absolute atomic E-state index is 5.89. The summed E-state index contributed by atoms with van der Waals surface area (Å²) in [5, 5.41) is 2.06. The van der Waals surface area contributed by atoms with Gasteiger partial charge in [-0.2, -0.15) is 4.98 Å². The van der Waals surface area contributed by atoms with E-state index < -0.39 is 0 Å². The summed E-state index contributed by atoms with van der Waals surface area (Å²) in [5.74, 6) is 1.89. The highest BCUT2D eigenvalue weighted by molar-refractivity contribution is 9.10. The minimum absolute atomic E-state index is 0.488. The summed E-state index contributed by atoms with van der Waals surface area (Å²) in [6.45, 7) is 0.707. The van der Waals surface area contributed by atoms with Gasteiger partial charge in [0.25, 0.3) is 0 Å². The average molecular weight is 388 g/mol. The van der Waals surface area contributed by atoms with Crippen molar-refractivity contribution in [3.8, 4) is 5.88 Å². The zero-order valence-electron chi connectivity index (χ0n) is 11.2. The molecule has 0 unspecified atom stereocenters. The molecular formula is C13H12BrClN4OS. The molecule has 0 atom stereocenters. The molecule has 3 heterocycles. The molecule has 3 rings (SSSR count). The Hall–Kier alpha value is -1.18. The van der Waals surface area contributed by atoms with Crippen molar-refractivity contribution in [2.45, 2.75) is 13.0 Å². The minimum Gasteiger partial charge on any atom is -0.479 e. The molecule has 21 heavy (non-hydrogen) atoms. The van der Waals surface area contributed by atoms with Crippen LogP contribution in [0.25, 0.3) is 11.2 Å². The lowest BCUT2D eigenvalue weighted by Gasteiger charge is -2.06. The van der Waals surface area contributed by atoms with Crippen molar-refractivity contribution in [1.82, 2.24) is 19.5 Å². The number of alkyl halides is 1. The molecule has 3 aromatic heterocycles. The number of aryl methyl sites for hydroxylation is 1. The van der Waals surface area contributed by atoms with Gasteiger partial charge in [-0.3, -0.25) is 0 Å². The average Bonchev–Trinajstić information content (AvgIpc) is 3.04. The fourth-order valence-corrected chi connectivity index (χ4v) is 3.75. The monoisotopic (exact) mass is 386 g/mol. The molecule has 110 valence electrons. The number of hydrogen-bond acceptors (Lipinski definition) is 5. The van der Waals surface area contributed by atoms with Gasteiger partial charge in [-0.05, 0) is 22.0 Å². The van der Waals surface area contributed by atoms with Gasteiger partial charge in [-0.15, -0.1) is 22.9 Å². The number of methoxy groups -OCH3 is 1. The van der Waals surface area contributed by atoms with E-state index in [1.165, 1.54) is 11.2 Å². The van der Waals surface area contributed by atoms with E-state index in [-0.39, 0.29) is 0 Å². The Morgan fingerprint density at radius 2 is 2.29 bits per heavy atom. The lowest BCUT2D eigenvalue weighted by molar-refractivity contribution is 0.401. The van der Waals surface area contributed by atoms with Gasteiger partial charge < -0.3 is 9.30 Å². The second-order valence-electron chi connectivity index (χ2n) is 4.34. The third-order valence-electron chi connectivity index (χ3n) is 3.02. The summed E-state index contributed by atoms with van der Waals surface area (Å²) < 4.78 is 8.41. The first-order valence-electron chi connectivity index (χ1n) is 6.26. The van der Waals surface area contributed by atoms with Crippen LogP contribution in [-0.4, -0.2) is 32.5 Å². The van der Waals surface area contributed by atoms with Crippen molar-refractivity contribution in [3.05, 3.63) is 32.9 Å². The number of rotatable bonds is 5. The Bertz CT molecular complexity index is 773. The van der Waals surface area contributed by atoms with Crippen LogP contribution < -0.4 is 4.74 Å². The zero-order valence-corrected chi connectivity index (χ0v) is 14.4. The quantitative estimate of drug-likeness (QED) is 0.629. The van der Waals surface area contributed by atoms with E-state index in [1.54, 1.807) is 18.4 Å². The van der Waals surface area contributed by atoms with Crippen LogP contribution in [0.4, 0.5) is 0 Å². The molecule has 0 aliphatic rings. The fraction of sp³-hybridized carbons (Fsp3) is 0.308. The number of thiophene rings is 1. The molecule has 0 radical (unpaired) electrons. The Morgan fingerprint density at radius 1 is 1.43 bits per heavy atom. The van der Waals surface area contributed by atoms with Gasteiger partial charge in [-0.25, -0.2) is 9.97 Å². The Morgan fingerprint density at radius 3 is 2.95 bits per heavy atom. The summed E-state index contributed by atoms with van der Waals surface area (Å²) in [6.07, 6.45) is 2.17. The van der Waals surface area contributed by atoms with E-state index in [1.807, 2.05) is 0 Å². The van der Waals surface area contributed by atoms with Crippen LogP contribution in [0, 0.1) is 0 Å². The molecular weight excluding hydrogens is 376 g/mol. The molecule has 8 heteroatoms. The Kier molecular flexibility index (Phi) is 4.42. The Balaban J connectivity index is 2.11. The fourth-order valence-electron chi connectivity index (χ4n) is 2.14. The van der Waals surface area contributed by atoms with Gasteiger partial charge in [0.15, 0.2) is 11.2 Å². The van der Waals surface area contributed by atoms with Crippen molar-refractivity contribution >= 4 is 50.0 Å². The normalized spacial score (nSPS) is 11.2. The summed E-state index contributed by atoms with van der Waals surface area (Å²) >= 11 is 11.1. The third kappa shape index (κ3) is 2.90. The standard InChI is InChI=1S/C13H12BrClN4OS/c1-20-13-11-12(16-7-17-13)19(10(18-11)2-3-15)5-9-4-8(14)6-21-9/h4,6-7H,2-3,5H2,1H3. The molecule has 0 amide bonds. The van der Waals surface area contributed by atoms with Gasteiger partial charge in [0.05, 0.1) is 13.7 Å². The first-order valence-corrected chi connectivity index (χ1v) is 8.46. The number of ether oxygens (including phenoxy) is 1. The zero-order chi connectivity index (χ0) is 14.8. The maximum Gasteiger partial charge on any atom is 0.245 e. The lowest BCUT2D eigenvalue weighted by atomic mass is 10.4. The molecule has 0 N–H and O–H groups in total. The SMILES string of the molecule is COc1ncnc2c1nc(CCCl)n2Cc1cc(Br)cs1. The van der Waals surface area contributed by atoms with Crippen LogP contribution >= 0.6 is 38.9 Å². The topological polar surface area (TPSA) is 52.8 Å². The predicted molar refractivity (Wildman–Crippen MR) is 87.4 cm³/mol. The largest absolute Gasteiger partial charge is 0.479 e. The molecule has 0 bridgehead atoms. The highest BCUT2D eigenvalue weighted by Crippen LogP contribution is 2.26. The number of hydrogen-bond donors (Lipinski definition) is 0. The predicted octanol–water partition coefficient (Wildman–Crippen LogP) is 3.49. The molecule has 0 spiro atoms. The third-order valence-corrected chi connectivity index (χ3v) is 4.90. The van der Waals surface area contributed by atoms with Crippen molar-refractivity contribution < 1.29 is 4.74 Å². The number of imidazole rings is 1. The molecule has 5 nitrogen and oxygen atoms in total. The van der Waals surface area contributed by atoms with E-state index >= 15 is 0 Å². The number of fused-ring (bicyclic) bond motifs is 1. The van der Waals surface area contributed by atoms with Crippen molar-refractivity contribution in [3.63, 3.8) is 0 Å². The second-order valence-corrected chi connectivity index (χ2v) is 6.63. The minimum atomic E-state index is 0.488. The summed E-state index contributed by atoms with van der Waals surface area (Å²) in [7, 11) is 1.58. The van der Waals surface area contributed by atoms with E-state index in [0.29, 0.717) is 30.2 Å². The molecule has 0 fully saturated rings. The molecule has 0 saturated heterocycles. The van der Waals surface area contributed by atoms with Crippen LogP contribution in [-0.2, 0) is 13.0 Å². The highest BCUT2D eigenvalue weighted by atomic mass is 79.9. The molecule has 0 saturated carbocycles. The van der Waals surface area contributed by atoms with Gasteiger partial charge in [0.1, 0.15) is 12.2 Å². The number of aromatic nitrogens is 4. The van der Waals surface area contributed by atoms with Crippen LogP contribution in [0.1, 0.15) is 10.7 Å². The molecule has 0 aromatic carbocycles. The van der Waals surface area contributed by atoms with Crippen LogP contribution in [0.3, 0.4) is 0 Å². The van der Waals surface area contributed by atoms with E-state index in [2.05, 4.69) is 46.9 Å². The Labute approximate surface area is 139 Å². The molecule has 0 aliphatic heterocycles. The summed E-state index contributed by atoms with van der Waals surface area (Å²) in [6, 6.07) is 2.10. The lowest BCUT2D eigenvalue weighted by Crippen LogP contribution is -2.05. The van der Waals surface area contributed by atoms with Gasteiger partial charge in [0.2, 0.25) is 5.88 Å². The van der Waals surface area contributed by atoms with Crippen LogP contribution in [0.15, 0.2) is 22.2 Å². The second kappa shape index (κ2) is 6.29. The van der Waals surface area contributed by atoms with E-state index in [0.717, 1.165) is 15.9 Å². The summed E-state index contributed by atoms with van der Waals surface area (Å²) in [4.78, 5) is 14.3. The van der Waals surface area contributed by atoms with Crippen LogP contribution in [0.2, 0.25) is 0 Å². The van der Waals surface area contributed by atoms with Crippen molar-refractivity contribution in [2.75, 3.05) is 13.0 Å². The first kappa shape index (κ1) is 14.7. The number of halogens is 2. The van der Waals surface area contributed by atoms with Gasteiger partial charge >= 0.3 is 0 Å². The maximum atomic E-state index is 5.89. The van der Waals surface area contributed by atoms with Crippen LogP contribution in [0.5, 0.6) is 5.88 Å². The first-order chi connectivity index (χ1) is 10.2. The number of nitrogens with zero attached hydrogens (tertiary/aromatic N) is 4.